The Morgan fingerprint density at radius 2 is 1.06 bits per heavy atom. The lowest BCUT2D eigenvalue weighted by atomic mass is 9.97. The normalized spacial score (nSPS) is 29.2. The molecule has 4 atom stereocenters. The summed E-state index contributed by atoms with van der Waals surface area (Å²) in [6.07, 6.45) is 5.83. The van der Waals surface area contributed by atoms with Gasteiger partial charge in [-0.15, -0.1) is 0 Å². The number of rotatable bonds is 4. The molecule has 2 amide bonds. The third-order valence-corrected chi connectivity index (χ3v) is 9.26. The molecule has 0 N–H and O–H groups in total. The van der Waals surface area contributed by atoms with Crippen molar-refractivity contribution in [3.05, 3.63) is 24.3 Å². The third-order valence-electron chi connectivity index (χ3n) is 7.50. The van der Waals surface area contributed by atoms with Crippen molar-refractivity contribution >= 4 is 33.4 Å². The quantitative estimate of drug-likeness (QED) is 0.669. The number of carbonyl (C=O) groups excluding carboxylic acids is 2. The molecule has 2 saturated heterocycles. The average molecular weight is 477 g/mol. The lowest BCUT2D eigenvalue weighted by Gasteiger charge is -2.40. The van der Waals surface area contributed by atoms with Crippen LogP contribution >= 0.6 is 0 Å². The predicted molar refractivity (Wildman–Crippen MR) is 129 cm³/mol. The van der Waals surface area contributed by atoms with Gasteiger partial charge in [0.05, 0.1) is 11.4 Å². The van der Waals surface area contributed by atoms with E-state index >= 15 is 0 Å². The Hall–Kier alpha value is -2.29. The van der Waals surface area contributed by atoms with E-state index in [-0.39, 0.29) is 49.1 Å². The molecule has 1 aromatic carbocycles. The smallest absolute Gasteiger partial charge is 0.327 e. The summed E-state index contributed by atoms with van der Waals surface area (Å²) in [6.45, 7) is 7.57. The van der Waals surface area contributed by atoms with E-state index in [1.807, 2.05) is 37.5 Å². The molecule has 33 heavy (non-hydrogen) atoms. The molecule has 2 fully saturated rings. The fourth-order valence-corrected chi connectivity index (χ4v) is 7.41. The van der Waals surface area contributed by atoms with Gasteiger partial charge < -0.3 is 9.80 Å². The molecule has 0 aliphatic carbocycles. The van der Waals surface area contributed by atoms with Gasteiger partial charge in [0.25, 0.3) is 0 Å². The molecular weight excluding hydrogens is 440 g/mol. The number of benzene rings is 1. The van der Waals surface area contributed by atoms with Gasteiger partial charge in [0, 0.05) is 24.2 Å². The number of nitrogens with zero attached hydrogens (tertiary/aromatic N) is 4. The number of hydrogen-bond acceptors (Lipinski definition) is 4. The summed E-state index contributed by atoms with van der Waals surface area (Å²) in [5.41, 5.74) is 0.909. The van der Waals surface area contributed by atoms with Crippen LogP contribution in [0.1, 0.15) is 66.2 Å². The SMILES string of the molecule is CC1CCCC(C)N1C(=O)CN1c2ccccc2N(CC(=O)N2C(C)CCCC2C)S1(=O)=O. The van der Waals surface area contributed by atoms with Crippen molar-refractivity contribution in [2.45, 2.75) is 90.4 Å². The van der Waals surface area contributed by atoms with Gasteiger partial charge in [0.2, 0.25) is 11.8 Å². The molecule has 3 heterocycles. The van der Waals surface area contributed by atoms with Crippen LogP contribution < -0.4 is 8.61 Å². The predicted octanol–water partition coefficient (Wildman–Crippen LogP) is 3.14. The molecule has 8 nitrogen and oxygen atoms in total. The second-order valence-electron chi connectivity index (χ2n) is 9.87. The first-order valence-electron chi connectivity index (χ1n) is 12.1. The van der Waals surface area contributed by atoms with Crippen molar-refractivity contribution < 1.29 is 18.0 Å². The van der Waals surface area contributed by atoms with Crippen molar-refractivity contribution in [3.8, 4) is 0 Å². The topological polar surface area (TPSA) is 81.2 Å². The Kier molecular flexibility index (Phi) is 6.62. The van der Waals surface area contributed by atoms with Gasteiger partial charge in [-0.25, -0.2) is 8.61 Å². The van der Waals surface area contributed by atoms with Gasteiger partial charge >= 0.3 is 10.2 Å². The highest BCUT2D eigenvalue weighted by molar-refractivity contribution is 7.94. The summed E-state index contributed by atoms with van der Waals surface area (Å²) >= 11 is 0. The Morgan fingerprint density at radius 1 is 0.727 bits per heavy atom. The third kappa shape index (κ3) is 4.32. The van der Waals surface area contributed by atoms with Crippen LogP contribution in [0.3, 0.4) is 0 Å². The fraction of sp³-hybridized carbons (Fsp3) is 0.667. The highest BCUT2D eigenvalue weighted by Crippen LogP contribution is 2.41. The monoisotopic (exact) mass is 476 g/mol. The number of amides is 2. The first-order valence-corrected chi connectivity index (χ1v) is 13.5. The molecule has 3 aliphatic heterocycles. The Labute approximate surface area is 197 Å². The maximum atomic E-state index is 13.6. The lowest BCUT2D eigenvalue weighted by molar-refractivity contribution is -0.136. The van der Waals surface area contributed by atoms with E-state index < -0.39 is 10.2 Å². The van der Waals surface area contributed by atoms with Gasteiger partial charge in [-0.2, -0.15) is 8.42 Å². The van der Waals surface area contributed by atoms with Crippen LogP contribution in [-0.4, -0.2) is 67.3 Å². The standard InChI is InChI=1S/C24H36N4O4S/c1-17-9-7-10-18(2)27(17)23(29)15-25-21-13-5-6-14-22(21)26(33(25,31)32)16-24(30)28-19(3)11-8-12-20(28)4/h5-6,13-14,17-20H,7-12,15-16H2,1-4H3. The van der Waals surface area contributed by atoms with Gasteiger partial charge in [0.15, 0.2) is 0 Å². The molecule has 0 radical (unpaired) electrons. The summed E-state index contributed by atoms with van der Waals surface area (Å²) < 4.78 is 29.6. The van der Waals surface area contributed by atoms with E-state index in [4.69, 9.17) is 0 Å². The highest BCUT2D eigenvalue weighted by Gasteiger charge is 2.44. The van der Waals surface area contributed by atoms with Gasteiger partial charge in [-0.05, 0) is 78.4 Å². The van der Waals surface area contributed by atoms with Crippen LogP contribution in [-0.2, 0) is 19.8 Å². The van der Waals surface area contributed by atoms with Crippen molar-refractivity contribution in [3.63, 3.8) is 0 Å². The second kappa shape index (κ2) is 9.16. The number of anilines is 2. The molecule has 182 valence electrons. The molecule has 1 aromatic rings. The first-order chi connectivity index (χ1) is 15.6. The van der Waals surface area contributed by atoms with E-state index in [9.17, 15) is 18.0 Å². The second-order valence-corrected chi connectivity index (χ2v) is 11.6. The molecule has 0 bridgehead atoms. The summed E-state index contributed by atoms with van der Waals surface area (Å²) in [5, 5.41) is 0. The zero-order valence-corrected chi connectivity index (χ0v) is 20.9. The summed E-state index contributed by atoms with van der Waals surface area (Å²) in [4.78, 5) is 30.2. The molecule has 0 aromatic heterocycles. The van der Waals surface area contributed by atoms with Gasteiger partial charge in [-0.3, -0.25) is 9.59 Å². The Morgan fingerprint density at radius 3 is 1.39 bits per heavy atom. The number of para-hydroxylation sites is 2. The molecule has 4 rings (SSSR count). The van der Waals surface area contributed by atoms with E-state index in [1.165, 1.54) is 8.61 Å². The average Bonchev–Trinajstić information content (AvgIpc) is 2.95. The van der Waals surface area contributed by atoms with Crippen LogP contribution in [0, 0.1) is 0 Å². The van der Waals surface area contributed by atoms with E-state index in [0.717, 1.165) is 38.5 Å². The lowest BCUT2D eigenvalue weighted by Crippen LogP contribution is -2.54. The summed E-state index contributed by atoms with van der Waals surface area (Å²) in [5.74, 6) is -0.390. The number of hydrogen-bond donors (Lipinski definition) is 0. The zero-order chi connectivity index (χ0) is 23.9. The number of likely N-dealkylation sites (tertiary alicyclic amines) is 2. The molecule has 9 heteroatoms. The van der Waals surface area contributed by atoms with Crippen molar-refractivity contribution in [1.82, 2.24) is 9.80 Å². The molecule has 4 unspecified atom stereocenters. The van der Waals surface area contributed by atoms with E-state index in [2.05, 4.69) is 0 Å². The maximum absolute atomic E-state index is 13.6. The molecular formula is C24H36N4O4S. The summed E-state index contributed by atoms with van der Waals surface area (Å²) in [7, 11) is -4.05. The van der Waals surface area contributed by atoms with Crippen LogP contribution in [0.25, 0.3) is 0 Å². The van der Waals surface area contributed by atoms with E-state index in [0.29, 0.717) is 11.4 Å². The number of piperidine rings is 2. The number of carbonyl (C=O) groups is 2. The van der Waals surface area contributed by atoms with Crippen LogP contribution in [0.4, 0.5) is 11.4 Å². The fourth-order valence-electron chi connectivity index (χ4n) is 5.82. The van der Waals surface area contributed by atoms with E-state index in [1.54, 1.807) is 24.3 Å². The molecule has 3 aliphatic rings. The highest BCUT2D eigenvalue weighted by atomic mass is 32.2. The van der Waals surface area contributed by atoms with Crippen LogP contribution in [0.5, 0.6) is 0 Å². The van der Waals surface area contributed by atoms with Crippen molar-refractivity contribution in [1.29, 1.82) is 0 Å². The van der Waals surface area contributed by atoms with Gasteiger partial charge in [0.1, 0.15) is 13.1 Å². The largest absolute Gasteiger partial charge is 0.336 e. The minimum absolute atomic E-state index is 0.0848. The van der Waals surface area contributed by atoms with Gasteiger partial charge in [-0.1, -0.05) is 12.1 Å². The maximum Gasteiger partial charge on any atom is 0.327 e. The minimum atomic E-state index is -4.05. The summed E-state index contributed by atoms with van der Waals surface area (Å²) in [6, 6.07) is 7.28. The van der Waals surface area contributed by atoms with Crippen LogP contribution in [0.2, 0.25) is 0 Å². The Balaban J connectivity index is 1.59. The molecule has 0 saturated carbocycles. The van der Waals surface area contributed by atoms with Crippen molar-refractivity contribution in [2.75, 3.05) is 21.7 Å². The minimum Gasteiger partial charge on any atom is -0.336 e. The molecule has 0 spiro atoms. The van der Waals surface area contributed by atoms with Crippen molar-refractivity contribution in [2.24, 2.45) is 0 Å². The first kappa shape index (κ1) is 23.9. The number of fused-ring (bicyclic) bond motifs is 1. The Bertz CT molecular complexity index is 920. The van der Waals surface area contributed by atoms with Crippen LogP contribution in [0.15, 0.2) is 24.3 Å². The zero-order valence-electron chi connectivity index (χ0n) is 20.1.